The third kappa shape index (κ3) is 3.69. The predicted molar refractivity (Wildman–Crippen MR) is 92.1 cm³/mol. The van der Waals surface area contributed by atoms with E-state index in [0.29, 0.717) is 17.6 Å². The average Bonchev–Trinajstić information content (AvgIpc) is 3.40. The van der Waals surface area contributed by atoms with Gasteiger partial charge in [0, 0.05) is 17.5 Å². The van der Waals surface area contributed by atoms with Gasteiger partial charge in [-0.2, -0.15) is 10.1 Å². The molecule has 1 aliphatic rings. The van der Waals surface area contributed by atoms with Gasteiger partial charge in [0.2, 0.25) is 17.6 Å². The number of carbonyl (C=O) groups is 1. The van der Waals surface area contributed by atoms with Gasteiger partial charge in [-0.25, -0.2) is 4.68 Å². The largest absolute Gasteiger partial charge is 0.345 e. The lowest BCUT2D eigenvalue weighted by Crippen LogP contribution is -2.33. The van der Waals surface area contributed by atoms with Crippen LogP contribution in [0.25, 0.3) is 11.4 Å². The second kappa shape index (κ2) is 6.91. The van der Waals surface area contributed by atoms with E-state index in [1.165, 1.54) is 10.7 Å². The second-order valence-electron chi connectivity index (χ2n) is 6.18. The summed E-state index contributed by atoms with van der Waals surface area (Å²) in [5.41, 5.74) is 1.40. The molecule has 0 unspecified atom stereocenters. The van der Waals surface area contributed by atoms with E-state index in [9.17, 15) is 9.59 Å². The van der Waals surface area contributed by atoms with Gasteiger partial charge in [-0.1, -0.05) is 35.5 Å². The van der Waals surface area contributed by atoms with Gasteiger partial charge in [0.25, 0.3) is 5.56 Å². The van der Waals surface area contributed by atoms with Crippen molar-refractivity contribution in [1.29, 1.82) is 0 Å². The van der Waals surface area contributed by atoms with Crippen LogP contribution in [-0.2, 0) is 17.9 Å². The van der Waals surface area contributed by atoms with Crippen LogP contribution in [0, 0.1) is 0 Å². The Balaban J connectivity index is 1.37. The van der Waals surface area contributed by atoms with Crippen molar-refractivity contribution >= 4 is 5.91 Å². The van der Waals surface area contributed by atoms with E-state index in [2.05, 4.69) is 20.6 Å². The Morgan fingerprint density at radius 1 is 1.19 bits per heavy atom. The van der Waals surface area contributed by atoms with Gasteiger partial charge in [-0.15, -0.1) is 0 Å². The summed E-state index contributed by atoms with van der Waals surface area (Å²) in [4.78, 5) is 28.2. The first-order chi connectivity index (χ1) is 12.7. The van der Waals surface area contributed by atoms with E-state index >= 15 is 0 Å². The number of amides is 1. The van der Waals surface area contributed by atoms with Crippen LogP contribution in [0.4, 0.5) is 0 Å². The third-order valence-electron chi connectivity index (χ3n) is 4.11. The van der Waals surface area contributed by atoms with E-state index in [1.807, 2.05) is 30.3 Å². The molecule has 0 atom stereocenters. The Bertz CT molecular complexity index is 976. The van der Waals surface area contributed by atoms with E-state index in [4.69, 9.17) is 4.52 Å². The van der Waals surface area contributed by atoms with Crippen LogP contribution in [0.5, 0.6) is 0 Å². The van der Waals surface area contributed by atoms with Crippen LogP contribution in [0.15, 0.2) is 51.8 Å². The van der Waals surface area contributed by atoms with Crippen molar-refractivity contribution in [1.82, 2.24) is 25.2 Å². The van der Waals surface area contributed by atoms with Crippen molar-refractivity contribution in [2.75, 3.05) is 0 Å². The fourth-order valence-electron chi connectivity index (χ4n) is 2.57. The number of aromatic nitrogens is 4. The molecule has 132 valence electrons. The van der Waals surface area contributed by atoms with Crippen molar-refractivity contribution < 1.29 is 9.32 Å². The molecule has 1 amide bonds. The number of hydrogen-bond donors (Lipinski definition) is 1. The molecule has 0 spiro atoms. The van der Waals surface area contributed by atoms with Gasteiger partial charge in [0.1, 0.15) is 6.54 Å². The lowest BCUT2D eigenvalue weighted by molar-refractivity contribution is -0.122. The van der Waals surface area contributed by atoms with Gasteiger partial charge in [-0.3, -0.25) is 9.59 Å². The molecule has 1 aliphatic carbocycles. The summed E-state index contributed by atoms with van der Waals surface area (Å²) in [5.74, 6) is 0.834. The van der Waals surface area contributed by atoms with Crippen molar-refractivity contribution in [3.05, 3.63) is 64.4 Å². The smallest absolute Gasteiger partial charge is 0.267 e. The van der Waals surface area contributed by atoms with Gasteiger partial charge >= 0.3 is 0 Å². The number of rotatable bonds is 6. The Labute approximate surface area is 148 Å². The van der Waals surface area contributed by atoms with Gasteiger partial charge < -0.3 is 9.84 Å². The van der Waals surface area contributed by atoms with Gasteiger partial charge in [0.15, 0.2) is 0 Å². The minimum absolute atomic E-state index is 0.0930. The van der Waals surface area contributed by atoms with E-state index in [-0.39, 0.29) is 24.6 Å². The normalized spacial score (nSPS) is 13.5. The average molecular weight is 351 g/mol. The molecule has 8 heteroatoms. The fraction of sp³-hybridized carbons (Fsp3) is 0.278. The molecular weight excluding hydrogens is 334 g/mol. The first-order valence-electron chi connectivity index (χ1n) is 8.42. The highest BCUT2D eigenvalue weighted by Crippen LogP contribution is 2.38. The lowest BCUT2D eigenvalue weighted by atomic mass is 10.2. The molecule has 1 fully saturated rings. The molecule has 8 nitrogen and oxygen atoms in total. The van der Waals surface area contributed by atoms with Gasteiger partial charge in [0.05, 0.1) is 12.2 Å². The molecule has 26 heavy (non-hydrogen) atoms. The molecule has 1 aromatic carbocycles. The second-order valence-corrected chi connectivity index (χ2v) is 6.18. The zero-order valence-electron chi connectivity index (χ0n) is 14.0. The van der Waals surface area contributed by atoms with Crippen LogP contribution < -0.4 is 10.9 Å². The fourth-order valence-corrected chi connectivity index (χ4v) is 2.57. The highest BCUT2D eigenvalue weighted by molar-refractivity contribution is 5.75. The Hall–Kier alpha value is -3.29. The molecule has 0 radical (unpaired) electrons. The van der Waals surface area contributed by atoms with E-state index < -0.39 is 0 Å². The van der Waals surface area contributed by atoms with E-state index in [0.717, 1.165) is 24.1 Å². The van der Waals surface area contributed by atoms with Crippen LogP contribution in [0.3, 0.4) is 0 Å². The van der Waals surface area contributed by atoms with Gasteiger partial charge in [-0.05, 0) is 18.9 Å². The molecule has 3 aromatic rings. The zero-order chi connectivity index (χ0) is 17.9. The molecule has 1 N–H and O–H groups in total. The molecule has 2 heterocycles. The number of nitrogens with zero attached hydrogens (tertiary/aromatic N) is 4. The van der Waals surface area contributed by atoms with Crippen LogP contribution >= 0.6 is 0 Å². The first kappa shape index (κ1) is 16.2. The highest BCUT2D eigenvalue weighted by atomic mass is 16.5. The summed E-state index contributed by atoms with van der Waals surface area (Å²) >= 11 is 0. The maximum atomic E-state index is 12.1. The molecule has 0 saturated heterocycles. The molecular formula is C18H17N5O3. The quantitative estimate of drug-likeness (QED) is 0.722. The summed E-state index contributed by atoms with van der Waals surface area (Å²) in [5, 5.41) is 10.8. The molecule has 4 rings (SSSR count). The van der Waals surface area contributed by atoms with Crippen molar-refractivity contribution in [3.8, 4) is 11.4 Å². The maximum absolute atomic E-state index is 12.1. The maximum Gasteiger partial charge on any atom is 0.267 e. The summed E-state index contributed by atoms with van der Waals surface area (Å²) in [6, 6.07) is 12.6. The monoisotopic (exact) mass is 351 g/mol. The molecule has 0 bridgehead atoms. The zero-order valence-corrected chi connectivity index (χ0v) is 14.0. The number of carbonyl (C=O) groups excluding carboxylic acids is 1. The lowest BCUT2D eigenvalue weighted by Gasteiger charge is -2.06. The number of hydrogen-bond acceptors (Lipinski definition) is 6. The summed E-state index contributed by atoms with van der Waals surface area (Å²) < 4.78 is 6.33. The van der Waals surface area contributed by atoms with Crippen LogP contribution in [-0.4, -0.2) is 25.8 Å². The SMILES string of the molecule is O=C(Cn1nc(C2CC2)ccc1=O)NCc1nc(-c2ccccc2)no1. The van der Waals surface area contributed by atoms with Crippen molar-refractivity contribution in [2.45, 2.75) is 31.8 Å². The molecule has 0 aliphatic heterocycles. The standard InChI is InChI=1S/C18H17N5O3/c24-15(11-23-17(25)9-8-14(21-23)12-6-7-12)19-10-16-20-18(22-26-16)13-4-2-1-3-5-13/h1-5,8-9,12H,6-7,10-11H2,(H,19,24). The highest BCUT2D eigenvalue weighted by Gasteiger charge is 2.25. The van der Waals surface area contributed by atoms with Crippen molar-refractivity contribution in [2.24, 2.45) is 0 Å². The predicted octanol–water partition coefficient (Wildman–Crippen LogP) is 1.49. The van der Waals surface area contributed by atoms with Crippen molar-refractivity contribution in [3.63, 3.8) is 0 Å². The van der Waals surface area contributed by atoms with Crippen LogP contribution in [0.1, 0.15) is 30.3 Å². The number of nitrogens with one attached hydrogen (secondary N) is 1. The Kier molecular flexibility index (Phi) is 4.30. The minimum atomic E-state index is -0.341. The minimum Gasteiger partial charge on any atom is -0.345 e. The summed E-state index contributed by atoms with van der Waals surface area (Å²) in [6.07, 6.45) is 2.16. The molecule has 1 saturated carbocycles. The number of benzene rings is 1. The first-order valence-corrected chi connectivity index (χ1v) is 8.42. The van der Waals surface area contributed by atoms with Crippen LogP contribution in [0.2, 0.25) is 0 Å². The molecule has 2 aromatic heterocycles. The topological polar surface area (TPSA) is 103 Å². The Morgan fingerprint density at radius 3 is 2.77 bits per heavy atom. The third-order valence-corrected chi connectivity index (χ3v) is 4.11. The summed E-state index contributed by atoms with van der Waals surface area (Å²) in [6.45, 7) is -0.0468. The summed E-state index contributed by atoms with van der Waals surface area (Å²) in [7, 11) is 0. The van der Waals surface area contributed by atoms with E-state index in [1.54, 1.807) is 6.07 Å². The Morgan fingerprint density at radius 2 is 2.00 bits per heavy atom.